The lowest BCUT2D eigenvalue weighted by Crippen LogP contribution is -2.29. The number of benzene rings is 1. The van der Waals surface area contributed by atoms with Gasteiger partial charge in [0.15, 0.2) is 5.37 Å². The van der Waals surface area contributed by atoms with Crippen LogP contribution in [0.3, 0.4) is 0 Å². The highest BCUT2D eigenvalue weighted by Gasteiger charge is 2.31. The molecule has 2 amide bonds. The highest BCUT2D eigenvalue weighted by Crippen LogP contribution is 2.21. The molecule has 1 aromatic rings. The summed E-state index contributed by atoms with van der Waals surface area (Å²) in [5.74, 6) is -0.288. The van der Waals surface area contributed by atoms with Gasteiger partial charge in [0.25, 0.3) is 11.1 Å². The van der Waals surface area contributed by atoms with Crippen LogP contribution in [0, 0.1) is 3.57 Å². The van der Waals surface area contributed by atoms with Crippen molar-refractivity contribution in [3.63, 3.8) is 0 Å². The van der Waals surface area contributed by atoms with Crippen LogP contribution >= 0.6 is 34.4 Å². The average Bonchev–Trinajstić information content (AvgIpc) is 2.49. The minimum atomic E-state index is -0.516. The highest BCUT2D eigenvalue weighted by molar-refractivity contribution is 14.1. The Morgan fingerprint density at radius 2 is 1.93 bits per heavy atom. The zero-order chi connectivity index (χ0) is 10.8. The lowest BCUT2D eigenvalue weighted by Gasteiger charge is -2.09. The summed E-state index contributed by atoms with van der Waals surface area (Å²) in [4.78, 5) is 22.1. The van der Waals surface area contributed by atoms with Crippen LogP contribution in [0.5, 0.6) is 0 Å². The lowest BCUT2D eigenvalue weighted by atomic mass is 10.3. The molecule has 0 aliphatic carbocycles. The predicted octanol–water partition coefficient (Wildman–Crippen LogP) is 2.01. The summed E-state index contributed by atoms with van der Waals surface area (Å²) in [6.07, 6.45) is 0. The number of carbonyl (C=O) groups excluding carboxylic acids is 2. The molecule has 2 rings (SSSR count). The number of hydrogen-bond donors (Lipinski definition) is 2. The third kappa shape index (κ3) is 2.63. The first-order valence-corrected chi connectivity index (χ1v) is 6.14. The quantitative estimate of drug-likeness (QED) is 0.813. The van der Waals surface area contributed by atoms with Crippen LogP contribution in [0.25, 0.3) is 0 Å². The SMILES string of the molecule is O=C1NC(=O)C(Nc2ccc(I)cc2)S1. The molecule has 1 aliphatic rings. The number of carbonyl (C=O) groups is 2. The molecular weight excluding hydrogens is 327 g/mol. The van der Waals surface area contributed by atoms with Gasteiger partial charge in [-0.1, -0.05) is 0 Å². The minimum absolute atomic E-state index is 0.288. The van der Waals surface area contributed by atoms with E-state index in [0.29, 0.717) is 0 Å². The number of anilines is 1. The van der Waals surface area contributed by atoms with Crippen LogP contribution in [0.2, 0.25) is 0 Å². The number of halogens is 1. The highest BCUT2D eigenvalue weighted by atomic mass is 127. The first kappa shape index (κ1) is 10.7. The Balaban J connectivity index is 2.06. The molecule has 1 fully saturated rings. The largest absolute Gasteiger partial charge is 0.365 e. The van der Waals surface area contributed by atoms with E-state index in [0.717, 1.165) is 21.0 Å². The third-order valence-electron chi connectivity index (χ3n) is 1.83. The van der Waals surface area contributed by atoms with Gasteiger partial charge in [-0.2, -0.15) is 0 Å². The number of amides is 2. The first-order chi connectivity index (χ1) is 7.15. The van der Waals surface area contributed by atoms with Gasteiger partial charge in [0.1, 0.15) is 0 Å². The van der Waals surface area contributed by atoms with Gasteiger partial charge < -0.3 is 5.32 Å². The summed E-state index contributed by atoms with van der Waals surface area (Å²) in [5.41, 5.74) is 0.831. The van der Waals surface area contributed by atoms with Crippen LogP contribution in [0.1, 0.15) is 0 Å². The maximum atomic E-state index is 11.2. The van der Waals surface area contributed by atoms with Crippen molar-refractivity contribution in [2.45, 2.75) is 5.37 Å². The summed E-state index contributed by atoms with van der Waals surface area (Å²) in [6, 6.07) is 7.61. The zero-order valence-corrected chi connectivity index (χ0v) is 10.5. The fourth-order valence-corrected chi connectivity index (χ4v) is 2.24. The topological polar surface area (TPSA) is 58.2 Å². The van der Waals surface area contributed by atoms with E-state index in [2.05, 4.69) is 33.2 Å². The van der Waals surface area contributed by atoms with Gasteiger partial charge in [-0.3, -0.25) is 14.9 Å². The van der Waals surface area contributed by atoms with Crippen LogP contribution < -0.4 is 10.6 Å². The maximum absolute atomic E-state index is 11.2. The van der Waals surface area contributed by atoms with E-state index in [9.17, 15) is 9.59 Å². The monoisotopic (exact) mass is 334 g/mol. The van der Waals surface area contributed by atoms with Crippen LogP contribution in [-0.4, -0.2) is 16.5 Å². The van der Waals surface area contributed by atoms with Crippen molar-refractivity contribution in [2.75, 3.05) is 5.32 Å². The molecule has 0 radical (unpaired) electrons. The molecule has 2 N–H and O–H groups in total. The van der Waals surface area contributed by atoms with E-state index in [1.165, 1.54) is 0 Å². The first-order valence-electron chi connectivity index (χ1n) is 4.19. The molecule has 0 saturated carbocycles. The second kappa shape index (κ2) is 4.40. The van der Waals surface area contributed by atoms with Crippen molar-refractivity contribution < 1.29 is 9.59 Å². The molecule has 15 heavy (non-hydrogen) atoms. The lowest BCUT2D eigenvalue weighted by molar-refractivity contribution is -0.118. The Morgan fingerprint density at radius 3 is 2.47 bits per heavy atom. The molecule has 1 unspecified atom stereocenters. The number of rotatable bonds is 2. The molecule has 78 valence electrons. The summed E-state index contributed by atoms with van der Waals surface area (Å²) in [5, 5.41) is 4.38. The number of thioether (sulfide) groups is 1. The molecule has 0 spiro atoms. The fraction of sp³-hybridized carbons (Fsp3) is 0.111. The average molecular weight is 334 g/mol. The second-order valence-electron chi connectivity index (χ2n) is 2.93. The molecule has 1 aliphatic heterocycles. The Labute approximate surface area is 104 Å². The van der Waals surface area contributed by atoms with Gasteiger partial charge in [-0.15, -0.1) is 0 Å². The molecule has 6 heteroatoms. The number of nitrogens with one attached hydrogen (secondary N) is 2. The van der Waals surface area contributed by atoms with Crippen LogP contribution in [0.4, 0.5) is 10.5 Å². The Kier molecular flexibility index (Phi) is 3.15. The summed E-state index contributed by atoms with van der Waals surface area (Å²) >= 11 is 3.16. The standard InChI is InChI=1S/C9H7IN2O2S/c10-5-1-3-6(4-2-5)11-8-7(13)12-9(14)15-8/h1-4,8,11H,(H,12,13,14). The van der Waals surface area contributed by atoms with Gasteiger partial charge in [-0.25, -0.2) is 0 Å². The second-order valence-corrected chi connectivity index (χ2v) is 5.25. The van der Waals surface area contributed by atoms with Crippen molar-refractivity contribution in [3.05, 3.63) is 27.8 Å². The van der Waals surface area contributed by atoms with E-state index >= 15 is 0 Å². The van der Waals surface area contributed by atoms with E-state index in [-0.39, 0.29) is 11.1 Å². The Hall–Kier alpha value is -0.760. The van der Waals surface area contributed by atoms with Gasteiger partial charge >= 0.3 is 0 Å². The Bertz CT molecular complexity index is 407. The number of imide groups is 1. The van der Waals surface area contributed by atoms with Gasteiger partial charge in [0.2, 0.25) is 0 Å². The Morgan fingerprint density at radius 1 is 1.27 bits per heavy atom. The minimum Gasteiger partial charge on any atom is -0.365 e. The predicted molar refractivity (Wildman–Crippen MR) is 67.7 cm³/mol. The van der Waals surface area contributed by atoms with Crippen molar-refractivity contribution >= 4 is 51.2 Å². The smallest absolute Gasteiger partial charge is 0.288 e. The van der Waals surface area contributed by atoms with Gasteiger partial charge in [0.05, 0.1) is 0 Å². The third-order valence-corrected chi connectivity index (χ3v) is 3.43. The van der Waals surface area contributed by atoms with Crippen molar-refractivity contribution in [1.29, 1.82) is 0 Å². The number of hydrogen-bond acceptors (Lipinski definition) is 4. The van der Waals surface area contributed by atoms with Crippen molar-refractivity contribution in [3.8, 4) is 0 Å². The zero-order valence-electron chi connectivity index (χ0n) is 7.49. The van der Waals surface area contributed by atoms with Crippen molar-refractivity contribution in [2.24, 2.45) is 0 Å². The fourth-order valence-electron chi connectivity index (χ4n) is 1.15. The molecule has 4 nitrogen and oxygen atoms in total. The van der Waals surface area contributed by atoms with Crippen LogP contribution in [0.15, 0.2) is 24.3 Å². The van der Waals surface area contributed by atoms with E-state index in [4.69, 9.17) is 0 Å². The maximum Gasteiger partial charge on any atom is 0.288 e. The molecule has 0 bridgehead atoms. The summed E-state index contributed by atoms with van der Waals surface area (Å²) in [6.45, 7) is 0. The van der Waals surface area contributed by atoms with Crippen LogP contribution in [-0.2, 0) is 4.79 Å². The molecular formula is C9H7IN2O2S. The molecule has 1 aromatic carbocycles. The van der Waals surface area contributed by atoms with Gasteiger partial charge in [-0.05, 0) is 58.6 Å². The summed E-state index contributed by atoms with van der Waals surface area (Å²) < 4.78 is 1.12. The van der Waals surface area contributed by atoms with E-state index in [1.54, 1.807) is 0 Å². The molecule has 0 aromatic heterocycles. The molecule has 1 heterocycles. The molecule has 1 atom stereocenters. The van der Waals surface area contributed by atoms with Crippen molar-refractivity contribution in [1.82, 2.24) is 5.32 Å². The normalized spacial score (nSPS) is 20.2. The van der Waals surface area contributed by atoms with E-state index in [1.807, 2.05) is 24.3 Å². The van der Waals surface area contributed by atoms with E-state index < -0.39 is 5.37 Å². The summed E-state index contributed by atoms with van der Waals surface area (Å²) in [7, 11) is 0. The van der Waals surface area contributed by atoms with Gasteiger partial charge in [0, 0.05) is 9.26 Å². The molecule has 1 saturated heterocycles.